The van der Waals surface area contributed by atoms with Gasteiger partial charge in [0.2, 0.25) is 0 Å². The normalized spacial score (nSPS) is 13.5. The van der Waals surface area contributed by atoms with Crippen molar-refractivity contribution in [2.45, 2.75) is 6.10 Å². The van der Waals surface area contributed by atoms with Crippen molar-refractivity contribution < 1.29 is 5.11 Å². The zero-order valence-electron chi connectivity index (χ0n) is 5.66. The minimum Gasteiger partial charge on any atom is -0.386 e. The molecule has 0 saturated heterocycles. The Balaban J connectivity index is 2.82. The van der Waals surface area contributed by atoms with Gasteiger partial charge in [-0.1, -0.05) is 0 Å². The lowest BCUT2D eigenvalue weighted by atomic mass is 10.3. The number of rotatable bonds is 2. The Kier molecular flexibility index (Phi) is 2.29. The van der Waals surface area contributed by atoms with E-state index in [0.29, 0.717) is 0 Å². The van der Waals surface area contributed by atoms with E-state index in [-0.39, 0.29) is 5.88 Å². The molecule has 1 rings (SSSR count). The van der Waals surface area contributed by atoms with E-state index < -0.39 is 6.10 Å². The zero-order chi connectivity index (χ0) is 7.56. The third-order valence-corrected chi connectivity index (χ3v) is 1.64. The van der Waals surface area contributed by atoms with Gasteiger partial charge in [0.25, 0.3) is 0 Å². The van der Waals surface area contributed by atoms with E-state index >= 15 is 0 Å². The molecule has 10 heavy (non-hydrogen) atoms. The van der Waals surface area contributed by atoms with Crippen molar-refractivity contribution in [2.75, 3.05) is 5.88 Å². The Morgan fingerprint density at radius 3 is 3.00 bits per heavy atom. The van der Waals surface area contributed by atoms with Crippen molar-refractivity contribution in [2.24, 2.45) is 7.05 Å². The standard InChI is InChI=1S/C6H9ClN2O/c1-9-5(2-3-8-9)6(10)4-7/h2-3,6,10H,4H2,1H3/t6-/m0/s1. The van der Waals surface area contributed by atoms with E-state index in [1.54, 1.807) is 24.0 Å². The van der Waals surface area contributed by atoms with E-state index in [1.807, 2.05) is 0 Å². The van der Waals surface area contributed by atoms with E-state index in [0.717, 1.165) is 5.69 Å². The lowest BCUT2D eigenvalue weighted by Gasteiger charge is -2.05. The first kappa shape index (κ1) is 7.57. The summed E-state index contributed by atoms with van der Waals surface area (Å²) in [5, 5.41) is 13.1. The molecular formula is C6H9ClN2O. The summed E-state index contributed by atoms with van der Waals surface area (Å²) in [5.41, 5.74) is 0.745. The van der Waals surface area contributed by atoms with Gasteiger partial charge in [-0.3, -0.25) is 4.68 Å². The molecular weight excluding hydrogens is 152 g/mol. The van der Waals surface area contributed by atoms with Crippen molar-refractivity contribution in [3.63, 3.8) is 0 Å². The molecule has 0 radical (unpaired) electrons. The molecule has 0 aliphatic rings. The molecule has 0 aliphatic heterocycles. The first-order chi connectivity index (χ1) is 4.75. The highest BCUT2D eigenvalue weighted by molar-refractivity contribution is 6.18. The third kappa shape index (κ3) is 1.30. The largest absolute Gasteiger partial charge is 0.386 e. The van der Waals surface area contributed by atoms with E-state index in [2.05, 4.69) is 5.10 Å². The number of hydrogen-bond donors (Lipinski definition) is 1. The van der Waals surface area contributed by atoms with Crippen LogP contribution in [0.5, 0.6) is 0 Å². The molecule has 0 saturated carbocycles. The highest BCUT2D eigenvalue weighted by atomic mass is 35.5. The molecule has 56 valence electrons. The maximum absolute atomic E-state index is 9.21. The van der Waals surface area contributed by atoms with Crippen LogP contribution in [-0.4, -0.2) is 20.8 Å². The number of hydrogen-bond acceptors (Lipinski definition) is 2. The second-order valence-corrected chi connectivity index (χ2v) is 2.36. The van der Waals surface area contributed by atoms with Gasteiger partial charge in [0, 0.05) is 13.2 Å². The van der Waals surface area contributed by atoms with Gasteiger partial charge in [0.15, 0.2) is 0 Å². The molecule has 0 spiro atoms. The third-order valence-electron chi connectivity index (χ3n) is 1.35. The molecule has 0 amide bonds. The average molecular weight is 161 g/mol. The second kappa shape index (κ2) is 3.03. The van der Waals surface area contributed by atoms with Crippen molar-refractivity contribution in [1.29, 1.82) is 0 Å². The fourth-order valence-corrected chi connectivity index (χ4v) is 0.948. The van der Waals surface area contributed by atoms with E-state index in [9.17, 15) is 5.11 Å². The van der Waals surface area contributed by atoms with Gasteiger partial charge in [0.1, 0.15) is 6.10 Å². The molecule has 0 fully saturated rings. The van der Waals surface area contributed by atoms with Crippen molar-refractivity contribution >= 4 is 11.6 Å². The highest BCUT2D eigenvalue weighted by Crippen LogP contribution is 2.11. The Labute approximate surface area is 64.2 Å². The first-order valence-electron chi connectivity index (χ1n) is 2.97. The van der Waals surface area contributed by atoms with Crippen molar-refractivity contribution in [3.8, 4) is 0 Å². The quantitative estimate of drug-likeness (QED) is 0.647. The van der Waals surface area contributed by atoms with Crippen LogP contribution < -0.4 is 0 Å². The molecule has 4 heteroatoms. The van der Waals surface area contributed by atoms with Crippen LogP contribution in [0.15, 0.2) is 12.3 Å². The molecule has 0 unspecified atom stereocenters. The van der Waals surface area contributed by atoms with Gasteiger partial charge in [-0.2, -0.15) is 5.10 Å². The fourth-order valence-electron chi connectivity index (χ4n) is 0.790. The maximum atomic E-state index is 9.21. The van der Waals surface area contributed by atoms with Crippen LogP contribution in [0.3, 0.4) is 0 Å². The lowest BCUT2D eigenvalue weighted by molar-refractivity contribution is 0.192. The number of nitrogens with zero attached hydrogens (tertiary/aromatic N) is 2. The monoisotopic (exact) mass is 160 g/mol. The predicted octanol–water partition coefficient (Wildman–Crippen LogP) is 0.692. The van der Waals surface area contributed by atoms with Gasteiger partial charge in [-0.25, -0.2) is 0 Å². The summed E-state index contributed by atoms with van der Waals surface area (Å²) in [6.07, 6.45) is 1.03. The van der Waals surface area contributed by atoms with Crippen LogP contribution in [0.1, 0.15) is 11.8 Å². The zero-order valence-corrected chi connectivity index (χ0v) is 6.41. The minimum atomic E-state index is -0.603. The van der Waals surface area contributed by atoms with Crippen LogP contribution in [0.25, 0.3) is 0 Å². The molecule has 0 bridgehead atoms. The second-order valence-electron chi connectivity index (χ2n) is 2.05. The van der Waals surface area contributed by atoms with Crippen LogP contribution in [-0.2, 0) is 7.05 Å². The van der Waals surface area contributed by atoms with Gasteiger partial charge in [0.05, 0.1) is 11.6 Å². The molecule has 3 nitrogen and oxygen atoms in total. The molecule has 0 aliphatic carbocycles. The predicted molar refractivity (Wildman–Crippen MR) is 38.9 cm³/mol. The van der Waals surface area contributed by atoms with Crippen LogP contribution in [0.4, 0.5) is 0 Å². The number of alkyl halides is 1. The summed E-state index contributed by atoms with van der Waals surface area (Å²) in [5.74, 6) is 0.208. The average Bonchev–Trinajstić information content (AvgIpc) is 2.34. The molecule has 0 aromatic carbocycles. The molecule has 1 aromatic rings. The number of aromatic nitrogens is 2. The Bertz CT molecular complexity index is 211. The number of aliphatic hydroxyl groups is 1. The summed E-state index contributed by atoms with van der Waals surface area (Å²) >= 11 is 5.42. The lowest BCUT2D eigenvalue weighted by Crippen LogP contribution is -2.05. The fraction of sp³-hybridized carbons (Fsp3) is 0.500. The summed E-state index contributed by atoms with van der Waals surface area (Å²) in [4.78, 5) is 0. The van der Waals surface area contributed by atoms with Gasteiger partial charge >= 0.3 is 0 Å². The number of aliphatic hydroxyl groups excluding tert-OH is 1. The Morgan fingerprint density at radius 2 is 2.60 bits per heavy atom. The SMILES string of the molecule is Cn1nccc1[C@@H](O)CCl. The van der Waals surface area contributed by atoms with Gasteiger partial charge in [-0.15, -0.1) is 11.6 Å². The van der Waals surface area contributed by atoms with Crippen molar-refractivity contribution in [1.82, 2.24) is 9.78 Å². The van der Waals surface area contributed by atoms with Crippen LogP contribution >= 0.6 is 11.6 Å². The van der Waals surface area contributed by atoms with Gasteiger partial charge in [-0.05, 0) is 6.07 Å². The van der Waals surface area contributed by atoms with Crippen LogP contribution in [0, 0.1) is 0 Å². The number of aryl methyl sites for hydroxylation is 1. The van der Waals surface area contributed by atoms with Crippen molar-refractivity contribution in [3.05, 3.63) is 18.0 Å². The van der Waals surface area contributed by atoms with E-state index in [1.165, 1.54) is 0 Å². The Morgan fingerprint density at radius 1 is 1.90 bits per heavy atom. The summed E-state index contributed by atoms with van der Waals surface area (Å²) in [6, 6.07) is 1.74. The minimum absolute atomic E-state index is 0.208. The van der Waals surface area contributed by atoms with E-state index in [4.69, 9.17) is 11.6 Å². The molecule has 1 heterocycles. The van der Waals surface area contributed by atoms with Crippen LogP contribution in [0.2, 0.25) is 0 Å². The summed E-state index contributed by atoms with van der Waals surface area (Å²) < 4.78 is 1.60. The summed E-state index contributed by atoms with van der Waals surface area (Å²) in [7, 11) is 1.77. The maximum Gasteiger partial charge on any atom is 0.109 e. The Hall–Kier alpha value is -0.540. The topological polar surface area (TPSA) is 38.0 Å². The van der Waals surface area contributed by atoms with Gasteiger partial charge < -0.3 is 5.11 Å². The first-order valence-corrected chi connectivity index (χ1v) is 3.51. The summed E-state index contributed by atoms with van der Waals surface area (Å²) in [6.45, 7) is 0. The molecule has 1 atom stereocenters. The number of halogens is 1. The molecule has 1 N–H and O–H groups in total. The highest BCUT2D eigenvalue weighted by Gasteiger charge is 2.08. The smallest absolute Gasteiger partial charge is 0.109 e. The molecule has 1 aromatic heterocycles.